The van der Waals surface area contributed by atoms with Gasteiger partial charge in [-0.3, -0.25) is 0 Å². The van der Waals surface area contributed by atoms with Crippen LogP contribution in [0.1, 0.15) is 25.0 Å². The van der Waals surface area contributed by atoms with Crippen molar-refractivity contribution in [2.75, 3.05) is 5.32 Å². The molecule has 0 aromatic heterocycles. The molecule has 0 unspecified atom stereocenters. The van der Waals surface area contributed by atoms with Crippen molar-refractivity contribution in [3.63, 3.8) is 0 Å². The molecule has 0 heterocycles. The first-order chi connectivity index (χ1) is 17.0. The van der Waals surface area contributed by atoms with Crippen LogP contribution in [0.4, 0.5) is 15.8 Å². The van der Waals surface area contributed by atoms with Gasteiger partial charge in [-0.15, -0.1) is 0 Å². The number of halogens is 1. The molecular formula is C33H26FN. The quantitative estimate of drug-likeness (QED) is 0.285. The molecule has 0 aliphatic heterocycles. The van der Waals surface area contributed by atoms with Crippen molar-refractivity contribution in [2.45, 2.75) is 19.3 Å². The van der Waals surface area contributed by atoms with Gasteiger partial charge >= 0.3 is 0 Å². The number of rotatable bonds is 4. The molecule has 0 fully saturated rings. The second-order valence-corrected chi connectivity index (χ2v) is 9.64. The molecule has 0 spiro atoms. The molecule has 0 saturated heterocycles. The maximum absolute atomic E-state index is 16.1. The van der Waals surface area contributed by atoms with E-state index in [1.165, 1.54) is 16.7 Å². The SMILES string of the molecule is CC1(C)c2ccccc2-c2c(Nc3cc(-c4ccccc4)cc(-c4ccccc4)c3F)cccc21. The third-order valence-electron chi connectivity index (χ3n) is 7.14. The third kappa shape index (κ3) is 3.54. The monoisotopic (exact) mass is 455 g/mol. The molecule has 0 radical (unpaired) electrons. The Balaban J connectivity index is 1.54. The molecule has 1 nitrogen and oxygen atoms in total. The molecule has 6 rings (SSSR count). The highest BCUT2D eigenvalue weighted by Crippen LogP contribution is 2.52. The summed E-state index contributed by atoms with van der Waals surface area (Å²) in [5.41, 5.74) is 9.67. The second kappa shape index (κ2) is 8.25. The molecule has 0 bridgehead atoms. The predicted molar refractivity (Wildman–Crippen MR) is 145 cm³/mol. The Bertz CT molecular complexity index is 1540. The average molecular weight is 456 g/mol. The zero-order chi connectivity index (χ0) is 24.0. The van der Waals surface area contributed by atoms with Gasteiger partial charge in [0.25, 0.3) is 0 Å². The van der Waals surface area contributed by atoms with Crippen molar-refractivity contribution >= 4 is 11.4 Å². The van der Waals surface area contributed by atoms with E-state index in [9.17, 15) is 0 Å². The number of hydrogen-bond donors (Lipinski definition) is 1. The zero-order valence-electron chi connectivity index (χ0n) is 19.8. The van der Waals surface area contributed by atoms with Crippen LogP contribution in [0.2, 0.25) is 0 Å². The smallest absolute Gasteiger partial charge is 0.154 e. The normalized spacial score (nSPS) is 13.2. The highest BCUT2D eigenvalue weighted by atomic mass is 19.1. The van der Waals surface area contributed by atoms with Gasteiger partial charge in [-0.05, 0) is 51.6 Å². The van der Waals surface area contributed by atoms with Crippen LogP contribution < -0.4 is 5.32 Å². The number of fused-ring (bicyclic) bond motifs is 3. The largest absolute Gasteiger partial charge is 0.353 e. The summed E-state index contributed by atoms with van der Waals surface area (Å²) in [5, 5.41) is 3.50. The average Bonchev–Trinajstić information content (AvgIpc) is 3.14. The van der Waals surface area contributed by atoms with Gasteiger partial charge in [0.15, 0.2) is 5.82 Å². The molecule has 170 valence electrons. The number of nitrogens with one attached hydrogen (secondary N) is 1. The van der Waals surface area contributed by atoms with Gasteiger partial charge in [-0.1, -0.05) is 111 Å². The highest BCUT2D eigenvalue weighted by Gasteiger charge is 2.36. The lowest BCUT2D eigenvalue weighted by atomic mass is 9.82. The standard InChI is InChI=1S/C33H26FN/c1-33(2)27-17-10-9-16-25(27)31-28(33)18-11-19-29(31)35-30-21-24(22-12-5-3-6-13-22)20-26(32(30)34)23-14-7-4-8-15-23/h3-21,35H,1-2H3. The Morgan fingerprint density at radius 2 is 1.17 bits per heavy atom. The molecule has 0 atom stereocenters. The van der Waals surface area contributed by atoms with E-state index in [0.717, 1.165) is 27.9 Å². The summed E-state index contributed by atoms with van der Waals surface area (Å²) >= 11 is 0. The first-order valence-electron chi connectivity index (χ1n) is 12.0. The lowest BCUT2D eigenvalue weighted by molar-refractivity contribution is 0.635. The van der Waals surface area contributed by atoms with E-state index in [2.05, 4.69) is 67.7 Å². The highest BCUT2D eigenvalue weighted by molar-refractivity contribution is 5.92. The van der Waals surface area contributed by atoms with E-state index < -0.39 is 0 Å². The van der Waals surface area contributed by atoms with E-state index in [4.69, 9.17) is 0 Å². The summed E-state index contributed by atoms with van der Waals surface area (Å²) in [7, 11) is 0. The fourth-order valence-electron chi connectivity index (χ4n) is 5.34. The summed E-state index contributed by atoms with van der Waals surface area (Å²) in [4.78, 5) is 0. The van der Waals surface area contributed by atoms with Crippen molar-refractivity contribution in [2.24, 2.45) is 0 Å². The topological polar surface area (TPSA) is 12.0 Å². The Hall–Kier alpha value is -4.17. The summed E-state index contributed by atoms with van der Waals surface area (Å²) in [6.45, 7) is 4.51. The van der Waals surface area contributed by atoms with Crippen LogP contribution in [0, 0.1) is 5.82 Å². The molecular weight excluding hydrogens is 429 g/mol. The van der Waals surface area contributed by atoms with Crippen LogP contribution in [-0.4, -0.2) is 0 Å². The number of benzene rings is 5. The molecule has 1 N–H and O–H groups in total. The fourth-order valence-corrected chi connectivity index (χ4v) is 5.34. The maximum atomic E-state index is 16.1. The van der Waals surface area contributed by atoms with Crippen molar-refractivity contribution in [3.8, 4) is 33.4 Å². The number of hydrogen-bond acceptors (Lipinski definition) is 1. The summed E-state index contributed by atoms with van der Waals surface area (Å²) in [6.07, 6.45) is 0. The minimum Gasteiger partial charge on any atom is -0.353 e. The minimum absolute atomic E-state index is 0.108. The van der Waals surface area contributed by atoms with Gasteiger partial charge in [-0.25, -0.2) is 4.39 Å². The Labute approximate surface area is 205 Å². The van der Waals surface area contributed by atoms with E-state index in [1.807, 2.05) is 66.7 Å². The fraction of sp³-hybridized carbons (Fsp3) is 0.0909. The first-order valence-corrected chi connectivity index (χ1v) is 12.0. The van der Waals surface area contributed by atoms with Crippen LogP contribution >= 0.6 is 0 Å². The molecule has 5 aromatic rings. The van der Waals surface area contributed by atoms with Gasteiger partial charge in [0.1, 0.15) is 0 Å². The van der Waals surface area contributed by atoms with Crippen molar-refractivity contribution < 1.29 is 4.39 Å². The molecule has 35 heavy (non-hydrogen) atoms. The summed E-state index contributed by atoms with van der Waals surface area (Å²) < 4.78 is 16.1. The third-order valence-corrected chi connectivity index (χ3v) is 7.14. The molecule has 0 saturated carbocycles. The number of anilines is 2. The van der Waals surface area contributed by atoms with E-state index in [1.54, 1.807) is 0 Å². The molecule has 1 aliphatic rings. The molecule has 2 heteroatoms. The predicted octanol–water partition coefficient (Wildman–Crippen LogP) is 9.21. The molecule has 1 aliphatic carbocycles. The van der Waals surface area contributed by atoms with Gasteiger partial charge in [0, 0.05) is 22.2 Å². The van der Waals surface area contributed by atoms with E-state index in [-0.39, 0.29) is 11.2 Å². The van der Waals surface area contributed by atoms with Gasteiger partial charge in [0.2, 0.25) is 0 Å². The Kier molecular flexibility index (Phi) is 5.04. The Morgan fingerprint density at radius 1 is 0.543 bits per heavy atom. The van der Waals surface area contributed by atoms with Crippen LogP contribution in [0.5, 0.6) is 0 Å². The molecule has 0 amide bonds. The van der Waals surface area contributed by atoms with Crippen LogP contribution in [0.3, 0.4) is 0 Å². The van der Waals surface area contributed by atoms with Crippen molar-refractivity contribution in [3.05, 3.63) is 132 Å². The lowest BCUT2D eigenvalue weighted by Gasteiger charge is -2.22. The Morgan fingerprint density at radius 3 is 1.91 bits per heavy atom. The first kappa shape index (κ1) is 21.4. The maximum Gasteiger partial charge on any atom is 0.154 e. The second-order valence-electron chi connectivity index (χ2n) is 9.64. The van der Waals surface area contributed by atoms with Crippen LogP contribution in [0.25, 0.3) is 33.4 Å². The van der Waals surface area contributed by atoms with Gasteiger partial charge in [0.05, 0.1) is 5.69 Å². The van der Waals surface area contributed by atoms with E-state index in [0.29, 0.717) is 11.3 Å². The van der Waals surface area contributed by atoms with Crippen molar-refractivity contribution in [1.29, 1.82) is 0 Å². The molecule has 5 aromatic carbocycles. The van der Waals surface area contributed by atoms with Crippen LogP contribution in [0.15, 0.2) is 115 Å². The van der Waals surface area contributed by atoms with Gasteiger partial charge < -0.3 is 5.32 Å². The zero-order valence-corrected chi connectivity index (χ0v) is 19.8. The van der Waals surface area contributed by atoms with Crippen molar-refractivity contribution in [1.82, 2.24) is 0 Å². The summed E-state index contributed by atoms with van der Waals surface area (Å²) in [5.74, 6) is -0.251. The minimum atomic E-state index is -0.251. The van der Waals surface area contributed by atoms with Crippen LogP contribution in [-0.2, 0) is 5.41 Å². The van der Waals surface area contributed by atoms with Gasteiger partial charge in [-0.2, -0.15) is 0 Å². The lowest BCUT2D eigenvalue weighted by Crippen LogP contribution is -2.14. The van der Waals surface area contributed by atoms with E-state index >= 15 is 4.39 Å². The summed E-state index contributed by atoms with van der Waals surface area (Å²) in [6, 6.07) is 38.6.